The summed E-state index contributed by atoms with van der Waals surface area (Å²) in [5.41, 5.74) is 2.17. The number of ether oxygens (including phenoxy) is 1. The number of aromatic nitrogens is 2. The van der Waals surface area contributed by atoms with E-state index >= 15 is 0 Å². The summed E-state index contributed by atoms with van der Waals surface area (Å²) in [6.45, 7) is 5.52. The van der Waals surface area contributed by atoms with E-state index in [1.165, 1.54) is 0 Å². The molecular weight excluding hydrogens is 300 g/mol. The molecule has 1 aromatic carbocycles. The van der Waals surface area contributed by atoms with Crippen LogP contribution in [0, 0.1) is 4.77 Å². The van der Waals surface area contributed by atoms with Gasteiger partial charge in [-0.3, -0.25) is 0 Å². The van der Waals surface area contributed by atoms with Crippen molar-refractivity contribution in [1.82, 2.24) is 9.55 Å². The second-order valence-corrected chi connectivity index (χ2v) is 5.47. The Bertz CT molecular complexity index is 573. The standard InChI is InChI=1S/C12H15BrN2OS/c1-8(2)16-6-5-15-11-4-3-9(13)7-10(11)14-12(15)17/h3-4,7-8H,5-6H2,1-2H3,(H,14,17). The van der Waals surface area contributed by atoms with Gasteiger partial charge < -0.3 is 14.3 Å². The van der Waals surface area contributed by atoms with Crippen LogP contribution in [0.15, 0.2) is 22.7 Å². The number of aromatic amines is 1. The monoisotopic (exact) mass is 314 g/mol. The summed E-state index contributed by atoms with van der Waals surface area (Å²) in [6.07, 6.45) is 0.253. The van der Waals surface area contributed by atoms with Gasteiger partial charge in [0.1, 0.15) is 0 Å². The average molecular weight is 315 g/mol. The molecule has 1 N–H and O–H groups in total. The van der Waals surface area contributed by atoms with E-state index in [0.29, 0.717) is 6.61 Å². The highest BCUT2D eigenvalue weighted by Gasteiger charge is 2.04. The van der Waals surface area contributed by atoms with Crippen LogP contribution in [0.2, 0.25) is 0 Å². The second-order valence-electron chi connectivity index (χ2n) is 4.16. The van der Waals surface area contributed by atoms with Crippen LogP contribution in [0.5, 0.6) is 0 Å². The zero-order chi connectivity index (χ0) is 12.4. The lowest BCUT2D eigenvalue weighted by atomic mass is 10.3. The molecule has 2 aromatic rings. The molecule has 0 amide bonds. The fourth-order valence-corrected chi connectivity index (χ4v) is 2.40. The number of imidazole rings is 1. The molecule has 0 atom stereocenters. The zero-order valence-electron chi connectivity index (χ0n) is 9.87. The van der Waals surface area contributed by atoms with Gasteiger partial charge in [-0.05, 0) is 44.3 Å². The largest absolute Gasteiger partial charge is 0.377 e. The lowest BCUT2D eigenvalue weighted by Crippen LogP contribution is -2.10. The summed E-state index contributed by atoms with van der Waals surface area (Å²) in [4.78, 5) is 3.20. The molecule has 0 radical (unpaired) electrons. The Hall–Kier alpha value is -0.650. The third kappa shape index (κ3) is 2.97. The molecule has 0 bridgehead atoms. The van der Waals surface area contributed by atoms with Gasteiger partial charge in [0.15, 0.2) is 4.77 Å². The van der Waals surface area contributed by atoms with Crippen molar-refractivity contribution in [2.45, 2.75) is 26.5 Å². The Labute approximate surface area is 114 Å². The first-order valence-corrected chi connectivity index (χ1v) is 6.77. The number of rotatable bonds is 4. The van der Waals surface area contributed by atoms with Crippen LogP contribution in [0.25, 0.3) is 11.0 Å². The Kier molecular flexibility index (Phi) is 4.01. The van der Waals surface area contributed by atoms with E-state index in [4.69, 9.17) is 17.0 Å². The van der Waals surface area contributed by atoms with E-state index in [-0.39, 0.29) is 6.10 Å². The minimum atomic E-state index is 0.253. The fourth-order valence-electron chi connectivity index (χ4n) is 1.74. The van der Waals surface area contributed by atoms with Crippen LogP contribution in [0.4, 0.5) is 0 Å². The molecule has 5 heteroatoms. The van der Waals surface area contributed by atoms with Crippen molar-refractivity contribution in [3.63, 3.8) is 0 Å². The second kappa shape index (κ2) is 5.33. The molecule has 0 unspecified atom stereocenters. The number of halogens is 1. The average Bonchev–Trinajstić information content (AvgIpc) is 2.54. The van der Waals surface area contributed by atoms with Crippen LogP contribution in [-0.4, -0.2) is 22.3 Å². The summed E-state index contributed by atoms with van der Waals surface area (Å²) in [5, 5.41) is 0. The van der Waals surface area contributed by atoms with Gasteiger partial charge in [0.05, 0.1) is 23.7 Å². The molecule has 0 aliphatic rings. The molecule has 0 aliphatic heterocycles. The summed E-state index contributed by atoms with van der Waals surface area (Å²) >= 11 is 8.76. The highest BCUT2D eigenvalue weighted by Crippen LogP contribution is 2.19. The van der Waals surface area contributed by atoms with Crippen molar-refractivity contribution in [3.8, 4) is 0 Å². The van der Waals surface area contributed by atoms with Gasteiger partial charge in [0.2, 0.25) is 0 Å². The van der Waals surface area contributed by atoms with Crippen LogP contribution in [0.1, 0.15) is 13.8 Å². The van der Waals surface area contributed by atoms with Crippen molar-refractivity contribution >= 4 is 39.2 Å². The van der Waals surface area contributed by atoms with Gasteiger partial charge >= 0.3 is 0 Å². The lowest BCUT2D eigenvalue weighted by molar-refractivity contribution is 0.0731. The van der Waals surface area contributed by atoms with Gasteiger partial charge in [-0.2, -0.15) is 0 Å². The van der Waals surface area contributed by atoms with Gasteiger partial charge in [0, 0.05) is 11.0 Å². The summed E-state index contributed by atoms with van der Waals surface area (Å²) in [7, 11) is 0. The molecule has 92 valence electrons. The zero-order valence-corrected chi connectivity index (χ0v) is 12.3. The number of H-pyrrole nitrogens is 1. The van der Waals surface area contributed by atoms with E-state index in [0.717, 1.165) is 26.8 Å². The Morgan fingerprint density at radius 1 is 1.47 bits per heavy atom. The van der Waals surface area contributed by atoms with Gasteiger partial charge in [-0.25, -0.2) is 0 Å². The number of hydrogen-bond acceptors (Lipinski definition) is 2. The molecule has 0 fully saturated rings. The Morgan fingerprint density at radius 2 is 2.24 bits per heavy atom. The summed E-state index contributed by atoms with van der Waals surface area (Å²) in [5.74, 6) is 0. The van der Waals surface area contributed by atoms with Crippen molar-refractivity contribution in [2.24, 2.45) is 0 Å². The van der Waals surface area contributed by atoms with Gasteiger partial charge in [0.25, 0.3) is 0 Å². The van der Waals surface area contributed by atoms with Crippen molar-refractivity contribution in [1.29, 1.82) is 0 Å². The maximum absolute atomic E-state index is 5.55. The molecule has 0 aliphatic carbocycles. The number of nitrogens with zero attached hydrogens (tertiary/aromatic N) is 1. The van der Waals surface area contributed by atoms with Gasteiger partial charge in [-0.15, -0.1) is 0 Å². The third-order valence-corrected chi connectivity index (χ3v) is 3.32. The number of hydrogen-bond donors (Lipinski definition) is 1. The number of fused-ring (bicyclic) bond motifs is 1. The molecule has 2 rings (SSSR count). The Balaban J connectivity index is 2.27. The van der Waals surface area contributed by atoms with E-state index < -0.39 is 0 Å². The van der Waals surface area contributed by atoms with Crippen molar-refractivity contribution in [3.05, 3.63) is 27.4 Å². The summed E-state index contributed by atoms with van der Waals surface area (Å²) in [6, 6.07) is 6.11. The lowest BCUT2D eigenvalue weighted by Gasteiger charge is -2.08. The third-order valence-electron chi connectivity index (χ3n) is 2.50. The number of nitrogens with one attached hydrogen (secondary N) is 1. The quantitative estimate of drug-likeness (QED) is 0.868. The Morgan fingerprint density at radius 3 is 2.94 bits per heavy atom. The molecule has 1 aromatic heterocycles. The maximum atomic E-state index is 5.55. The van der Waals surface area contributed by atoms with Crippen LogP contribution >= 0.6 is 28.1 Å². The highest BCUT2D eigenvalue weighted by atomic mass is 79.9. The van der Waals surface area contributed by atoms with E-state index in [1.54, 1.807) is 0 Å². The SMILES string of the molecule is CC(C)OCCn1c(=S)[nH]c2cc(Br)ccc21. The van der Waals surface area contributed by atoms with Crippen LogP contribution in [-0.2, 0) is 11.3 Å². The van der Waals surface area contributed by atoms with Gasteiger partial charge in [-0.1, -0.05) is 15.9 Å². The topological polar surface area (TPSA) is 29.9 Å². The van der Waals surface area contributed by atoms with Crippen LogP contribution < -0.4 is 0 Å². The predicted molar refractivity (Wildman–Crippen MR) is 75.9 cm³/mol. The molecule has 0 saturated heterocycles. The predicted octanol–water partition coefficient (Wildman–Crippen LogP) is 3.89. The molecule has 17 heavy (non-hydrogen) atoms. The minimum Gasteiger partial charge on any atom is -0.377 e. The molecule has 1 heterocycles. The molecule has 0 saturated carbocycles. The van der Waals surface area contributed by atoms with E-state index in [9.17, 15) is 0 Å². The van der Waals surface area contributed by atoms with Crippen LogP contribution in [0.3, 0.4) is 0 Å². The first-order valence-electron chi connectivity index (χ1n) is 5.57. The number of benzene rings is 1. The normalized spacial score (nSPS) is 11.5. The molecular formula is C12H15BrN2OS. The first kappa shape index (κ1) is 12.8. The van der Waals surface area contributed by atoms with E-state index in [1.807, 2.05) is 26.0 Å². The summed E-state index contributed by atoms with van der Waals surface area (Å²) < 4.78 is 9.41. The van der Waals surface area contributed by atoms with Crippen molar-refractivity contribution in [2.75, 3.05) is 6.61 Å². The minimum absolute atomic E-state index is 0.253. The van der Waals surface area contributed by atoms with Crippen molar-refractivity contribution < 1.29 is 4.74 Å². The first-order chi connectivity index (χ1) is 8.08. The fraction of sp³-hybridized carbons (Fsp3) is 0.417. The molecule has 0 spiro atoms. The van der Waals surface area contributed by atoms with E-state index in [2.05, 4.69) is 31.5 Å². The highest BCUT2D eigenvalue weighted by molar-refractivity contribution is 9.10. The smallest absolute Gasteiger partial charge is 0.178 e. The maximum Gasteiger partial charge on any atom is 0.178 e. The molecule has 3 nitrogen and oxygen atoms in total.